The third-order valence-electron chi connectivity index (χ3n) is 4.38. The van der Waals surface area contributed by atoms with Gasteiger partial charge in [-0.3, -0.25) is 0 Å². The number of rotatable bonds is 8. The molecule has 1 aromatic heterocycles. The Hall–Kier alpha value is -1.92. The number of carboxylic acids is 1. The fraction of sp³-hybridized carbons (Fsp3) is 0.421. The van der Waals surface area contributed by atoms with Gasteiger partial charge in [-0.1, -0.05) is 36.7 Å². The van der Waals surface area contributed by atoms with E-state index in [-0.39, 0.29) is 0 Å². The summed E-state index contributed by atoms with van der Waals surface area (Å²) in [7, 11) is 0. The second-order valence-electron chi connectivity index (χ2n) is 6.33. The summed E-state index contributed by atoms with van der Waals surface area (Å²) in [5.41, 5.74) is 2.52. The maximum Gasteiger partial charge on any atom is 0.335 e. The minimum absolute atomic E-state index is 0.316. The van der Waals surface area contributed by atoms with E-state index < -0.39 is 5.97 Å². The first-order chi connectivity index (χ1) is 12.2. The van der Waals surface area contributed by atoms with Gasteiger partial charge in [-0.15, -0.1) is 0 Å². The molecule has 1 heterocycles. The number of hydrogen-bond acceptors (Lipinski definition) is 5. The van der Waals surface area contributed by atoms with E-state index in [4.69, 9.17) is 5.11 Å². The molecular weight excluding hydrogens is 334 g/mol. The van der Waals surface area contributed by atoms with Gasteiger partial charge in [-0.25, -0.2) is 14.8 Å². The number of carbonyl (C=O) groups is 1. The third kappa shape index (κ3) is 5.54. The van der Waals surface area contributed by atoms with Crippen LogP contribution in [-0.4, -0.2) is 32.8 Å². The molecule has 132 valence electrons. The first-order valence-corrected chi connectivity index (χ1v) is 9.59. The predicted molar refractivity (Wildman–Crippen MR) is 99.0 cm³/mol. The highest BCUT2D eigenvalue weighted by molar-refractivity contribution is 7.99. The Balaban J connectivity index is 1.39. The van der Waals surface area contributed by atoms with E-state index in [2.05, 4.69) is 15.3 Å². The zero-order chi connectivity index (χ0) is 17.5. The Morgan fingerprint density at radius 2 is 1.80 bits per heavy atom. The van der Waals surface area contributed by atoms with Crippen molar-refractivity contribution in [2.75, 3.05) is 6.54 Å². The Labute approximate surface area is 152 Å². The molecule has 0 bridgehead atoms. The number of thioether (sulfide) groups is 1. The second-order valence-corrected chi connectivity index (χ2v) is 7.59. The average molecular weight is 357 g/mol. The van der Waals surface area contributed by atoms with Crippen LogP contribution >= 0.6 is 11.8 Å². The van der Waals surface area contributed by atoms with Gasteiger partial charge in [-0.05, 0) is 49.1 Å². The van der Waals surface area contributed by atoms with Gasteiger partial charge in [0.1, 0.15) is 0 Å². The van der Waals surface area contributed by atoms with Gasteiger partial charge in [-0.2, -0.15) is 0 Å². The average Bonchev–Trinajstić information content (AvgIpc) is 3.13. The molecule has 25 heavy (non-hydrogen) atoms. The van der Waals surface area contributed by atoms with Gasteiger partial charge in [0.15, 0.2) is 5.16 Å². The molecular formula is C19H23N3O2S. The molecule has 0 atom stereocenters. The van der Waals surface area contributed by atoms with Crippen molar-refractivity contribution < 1.29 is 9.90 Å². The largest absolute Gasteiger partial charge is 0.478 e. The number of nitrogens with one attached hydrogen (secondary N) is 1. The van der Waals surface area contributed by atoms with E-state index in [9.17, 15) is 4.79 Å². The number of hydrogen-bond donors (Lipinski definition) is 2. The van der Waals surface area contributed by atoms with Crippen LogP contribution in [0.4, 0.5) is 0 Å². The Morgan fingerprint density at radius 1 is 1.12 bits per heavy atom. The lowest BCUT2D eigenvalue weighted by atomic mass is 10.1. The fourth-order valence-corrected chi connectivity index (χ4v) is 4.01. The molecule has 0 saturated heterocycles. The molecule has 1 aromatic carbocycles. The summed E-state index contributed by atoms with van der Waals surface area (Å²) >= 11 is 1.81. The Kier molecular flexibility index (Phi) is 6.42. The molecule has 1 fully saturated rings. The third-order valence-corrected chi connectivity index (χ3v) is 5.60. The highest BCUT2D eigenvalue weighted by atomic mass is 32.2. The maximum absolute atomic E-state index is 10.8. The molecule has 0 radical (unpaired) electrons. The van der Waals surface area contributed by atoms with E-state index >= 15 is 0 Å². The van der Waals surface area contributed by atoms with Crippen LogP contribution in [0.1, 0.15) is 47.2 Å². The van der Waals surface area contributed by atoms with Gasteiger partial charge >= 0.3 is 5.97 Å². The van der Waals surface area contributed by atoms with Crippen molar-refractivity contribution >= 4 is 17.7 Å². The number of aromatic carboxylic acids is 1. The van der Waals surface area contributed by atoms with Crippen molar-refractivity contribution in [1.29, 1.82) is 0 Å². The predicted octanol–water partition coefficient (Wildman–Crippen LogP) is 3.54. The van der Waals surface area contributed by atoms with Crippen LogP contribution in [0.3, 0.4) is 0 Å². The van der Waals surface area contributed by atoms with Gasteiger partial charge < -0.3 is 10.4 Å². The summed E-state index contributed by atoms with van der Waals surface area (Å²) in [6.45, 7) is 1.55. The van der Waals surface area contributed by atoms with Crippen LogP contribution in [0.5, 0.6) is 0 Å². The summed E-state index contributed by atoms with van der Waals surface area (Å²) in [5.74, 6) is -0.894. The van der Waals surface area contributed by atoms with Crippen LogP contribution in [0, 0.1) is 0 Å². The quantitative estimate of drug-likeness (QED) is 0.556. The first kappa shape index (κ1) is 17.9. The molecule has 6 heteroatoms. The summed E-state index contributed by atoms with van der Waals surface area (Å²) in [6, 6.07) is 6.95. The van der Waals surface area contributed by atoms with E-state index in [1.807, 2.05) is 36.3 Å². The van der Waals surface area contributed by atoms with E-state index in [0.717, 1.165) is 35.8 Å². The lowest BCUT2D eigenvalue weighted by Crippen LogP contribution is -2.17. The van der Waals surface area contributed by atoms with Crippen LogP contribution in [-0.2, 0) is 13.0 Å². The molecule has 5 nitrogen and oxygen atoms in total. The van der Waals surface area contributed by atoms with Crippen LogP contribution < -0.4 is 5.32 Å². The maximum atomic E-state index is 10.8. The molecule has 0 aliphatic heterocycles. The topological polar surface area (TPSA) is 75.1 Å². The summed E-state index contributed by atoms with van der Waals surface area (Å²) in [5, 5.41) is 13.8. The zero-order valence-electron chi connectivity index (χ0n) is 14.1. The number of carboxylic acid groups (broad SMARTS) is 1. The molecule has 0 amide bonds. The van der Waals surface area contributed by atoms with Crippen molar-refractivity contribution in [3.05, 3.63) is 53.3 Å². The monoisotopic (exact) mass is 357 g/mol. The molecule has 2 N–H and O–H groups in total. The standard InChI is InChI=1S/C19H23N3O2S/c23-18(24)16-7-5-14(6-8-16)11-20-10-9-15-12-21-19(22-13-15)25-17-3-1-2-4-17/h5-8,12-13,17,20H,1-4,9-11H2,(H,23,24). The molecule has 0 spiro atoms. The molecule has 1 aliphatic rings. The van der Waals surface area contributed by atoms with Crippen molar-refractivity contribution in [2.24, 2.45) is 0 Å². The molecule has 1 aliphatic carbocycles. The second kappa shape index (κ2) is 8.97. The van der Waals surface area contributed by atoms with E-state index in [1.165, 1.54) is 25.7 Å². The summed E-state index contributed by atoms with van der Waals surface area (Å²) in [6.07, 6.45) is 9.96. The summed E-state index contributed by atoms with van der Waals surface area (Å²) in [4.78, 5) is 19.8. The number of benzene rings is 1. The SMILES string of the molecule is O=C(O)c1ccc(CNCCc2cnc(SC3CCCC3)nc2)cc1. The van der Waals surface area contributed by atoms with Crippen molar-refractivity contribution in [3.63, 3.8) is 0 Å². The highest BCUT2D eigenvalue weighted by Crippen LogP contribution is 2.32. The van der Waals surface area contributed by atoms with Crippen LogP contribution in [0.15, 0.2) is 41.8 Å². The van der Waals surface area contributed by atoms with Crippen LogP contribution in [0.2, 0.25) is 0 Å². The van der Waals surface area contributed by atoms with Gasteiger partial charge in [0.05, 0.1) is 5.56 Å². The zero-order valence-corrected chi connectivity index (χ0v) is 15.0. The smallest absolute Gasteiger partial charge is 0.335 e. The summed E-state index contributed by atoms with van der Waals surface area (Å²) < 4.78 is 0. The van der Waals surface area contributed by atoms with Crippen molar-refractivity contribution in [2.45, 2.75) is 49.1 Å². The Bertz CT molecular complexity index is 683. The number of nitrogens with zero attached hydrogens (tertiary/aromatic N) is 2. The highest BCUT2D eigenvalue weighted by Gasteiger charge is 2.17. The van der Waals surface area contributed by atoms with E-state index in [1.54, 1.807) is 12.1 Å². The minimum atomic E-state index is -0.894. The Morgan fingerprint density at radius 3 is 2.44 bits per heavy atom. The normalized spacial score (nSPS) is 14.7. The lowest BCUT2D eigenvalue weighted by molar-refractivity contribution is 0.0697. The number of aromatic nitrogens is 2. The van der Waals surface area contributed by atoms with Crippen molar-refractivity contribution in [1.82, 2.24) is 15.3 Å². The van der Waals surface area contributed by atoms with Crippen LogP contribution in [0.25, 0.3) is 0 Å². The molecule has 1 saturated carbocycles. The first-order valence-electron chi connectivity index (χ1n) is 8.71. The van der Waals surface area contributed by atoms with Crippen molar-refractivity contribution in [3.8, 4) is 0 Å². The van der Waals surface area contributed by atoms with E-state index in [0.29, 0.717) is 10.8 Å². The molecule has 3 rings (SSSR count). The van der Waals surface area contributed by atoms with Gasteiger partial charge in [0.25, 0.3) is 0 Å². The fourth-order valence-electron chi connectivity index (χ4n) is 2.92. The van der Waals surface area contributed by atoms with Gasteiger partial charge in [0.2, 0.25) is 0 Å². The molecule has 2 aromatic rings. The lowest BCUT2D eigenvalue weighted by Gasteiger charge is -2.08. The van der Waals surface area contributed by atoms with Gasteiger partial charge in [0, 0.05) is 24.2 Å². The minimum Gasteiger partial charge on any atom is -0.478 e. The molecule has 0 unspecified atom stereocenters.